The molecule has 0 aliphatic heterocycles. The molecule has 23 heavy (non-hydrogen) atoms. The molecule has 0 bridgehead atoms. The minimum Gasteiger partial charge on any atom is -0.481 e. The maximum atomic E-state index is 12.0. The number of carbonyl (C=O) groups is 1. The van der Waals surface area contributed by atoms with Crippen LogP contribution in [-0.2, 0) is 4.79 Å². The van der Waals surface area contributed by atoms with Crippen molar-refractivity contribution in [3.63, 3.8) is 0 Å². The number of rotatable bonds is 8. The number of amides is 1. The van der Waals surface area contributed by atoms with Gasteiger partial charge in [-0.05, 0) is 49.7 Å². The summed E-state index contributed by atoms with van der Waals surface area (Å²) in [5.74, 6) is 0.502. The number of ether oxygens (including phenoxy) is 1. The van der Waals surface area contributed by atoms with Crippen molar-refractivity contribution in [3.05, 3.63) is 59.6 Å². The zero-order chi connectivity index (χ0) is 16.5. The van der Waals surface area contributed by atoms with E-state index >= 15 is 0 Å². The summed E-state index contributed by atoms with van der Waals surface area (Å²) >= 11 is 5.81. The van der Waals surface area contributed by atoms with Gasteiger partial charge in [0, 0.05) is 23.8 Å². The van der Waals surface area contributed by atoms with Crippen LogP contribution in [0.1, 0.15) is 13.3 Å². The zero-order valence-corrected chi connectivity index (χ0v) is 13.8. The molecule has 0 spiro atoms. The highest BCUT2D eigenvalue weighted by atomic mass is 35.5. The molecule has 0 aromatic heterocycles. The minimum absolute atomic E-state index is 0.125. The molecule has 0 radical (unpaired) electrons. The monoisotopic (exact) mass is 332 g/mol. The van der Waals surface area contributed by atoms with Gasteiger partial charge in [-0.15, -0.1) is 0 Å². The lowest BCUT2D eigenvalue weighted by Gasteiger charge is -2.15. The minimum atomic E-state index is -0.543. The van der Waals surface area contributed by atoms with Crippen LogP contribution in [0.5, 0.6) is 5.75 Å². The molecule has 0 saturated carbocycles. The number of para-hydroxylation sites is 1. The van der Waals surface area contributed by atoms with E-state index in [1.807, 2.05) is 30.3 Å². The quantitative estimate of drug-likeness (QED) is 0.724. The van der Waals surface area contributed by atoms with Crippen molar-refractivity contribution in [3.8, 4) is 5.75 Å². The molecule has 0 saturated heterocycles. The van der Waals surface area contributed by atoms with Crippen molar-refractivity contribution in [1.82, 2.24) is 5.32 Å². The van der Waals surface area contributed by atoms with E-state index in [0.29, 0.717) is 17.3 Å². The van der Waals surface area contributed by atoms with Gasteiger partial charge in [0.05, 0.1) is 0 Å². The Morgan fingerprint density at radius 1 is 1.09 bits per heavy atom. The Hall–Kier alpha value is -2.20. The summed E-state index contributed by atoms with van der Waals surface area (Å²) in [5, 5.41) is 6.81. The average molecular weight is 333 g/mol. The van der Waals surface area contributed by atoms with E-state index in [0.717, 1.165) is 18.7 Å². The van der Waals surface area contributed by atoms with Gasteiger partial charge < -0.3 is 15.4 Å². The van der Waals surface area contributed by atoms with E-state index in [-0.39, 0.29) is 5.91 Å². The number of hydrogen-bond acceptors (Lipinski definition) is 3. The summed E-state index contributed by atoms with van der Waals surface area (Å²) in [4.78, 5) is 12.0. The van der Waals surface area contributed by atoms with Crippen molar-refractivity contribution in [2.75, 3.05) is 18.4 Å². The third-order valence-corrected chi connectivity index (χ3v) is 3.50. The Kier molecular flexibility index (Phi) is 6.76. The fraction of sp³-hybridized carbons (Fsp3) is 0.278. The lowest BCUT2D eigenvalue weighted by atomic mass is 10.3. The van der Waals surface area contributed by atoms with E-state index in [9.17, 15) is 4.79 Å². The molecule has 5 heteroatoms. The van der Waals surface area contributed by atoms with E-state index in [1.54, 1.807) is 31.2 Å². The Balaban J connectivity index is 1.63. The fourth-order valence-corrected chi connectivity index (χ4v) is 2.13. The van der Waals surface area contributed by atoms with Gasteiger partial charge in [-0.1, -0.05) is 29.8 Å². The molecule has 1 amide bonds. The van der Waals surface area contributed by atoms with Gasteiger partial charge in [-0.25, -0.2) is 0 Å². The summed E-state index contributed by atoms with van der Waals surface area (Å²) in [6.07, 6.45) is 0.298. The van der Waals surface area contributed by atoms with E-state index in [1.165, 1.54) is 0 Å². The van der Waals surface area contributed by atoms with Gasteiger partial charge in [0.25, 0.3) is 5.91 Å². The SMILES string of the molecule is CC(Oc1ccc(Cl)cc1)C(=O)NCCCNc1ccccc1. The van der Waals surface area contributed by atoms with Gasteiger partial charge in [0.1, 0.15) is 5.75 Å². The van der Waals surface area contributed by atoms with E-state index in [4.69, 9.17) is 16.3 Å². The van der Waals surface area contributed by atoms with Gasteiger partial charge >= 0.3 is 0 Å². The Bertz CT molecular complexity index is 602. The topological polar surface area (TPSA) is 50.4 Å². The van der Waals surface area contributed by atoms with Crippen molar-refractivity contribution >= 4 is 23.2 Å². The summed E-state index contributed by atoms with van der Waals surface area (Å²) in [6, 6.07) is 16.9. The molecule has 122 valence electrons. The van der Waals surface area contributed by atoms with E-state index in [2.05, 4.69) is 10.6 Å². The first-order valence-electron chi connectivity index (χ1n) is 7.64. The van der Waals surface area contributed by atoms with Crippen molar-refractivity contribution in [2.24, 2.45) is 0 Å². The maximum absolute atomic E-state index is 12.0. The summed E-state index contributed by atoms with van der Waals surface area (Å²) < 4.78 is 5.57. The molecule has 1 atom stereocenters. The summed E-state index contributed by atoms with van der Waals surface area (Å²) in [6.45, 7) is 3.13. The van der Waals surface area contributed by atoms with Crippen LogP contribution in [0, 0.1) is 0 Å². The first kappa shape index (κ1) is 17.2. The molecule has 0 heterocycles. The number of carbonyl (C=O) groups excluding carboxylic acids is 1. The third kappa shape index (κ3) is 6.20. The Morgan fingerprint density at radius 2 is 1.78 bits per heavy atom. The van der Waals surface area contributed by atoms with Crippen molar-refractivity contribution in [1.29, 1.82) is 0 Å². The second kappa shape index (κ2) is 9.06. The highest BCUT2D eigenvalue weighted by molar-refractivity contribution is 6.30. The third-order valence-electron chi connectivity index (χ3n) is 3.25. The number of nitrogens with one attached hydrogen (secondary N) is 2. The van der Waals surface area contributed by atoms with Crippen molar-refractivity contribution in [2.45, 2.75) is 19.4 Å². The first-order valence-corrected chi connectivity index (χ1v) is 8.02. The van der Waals surface area contributed by atoms with Crippen LogP contribution in [0.4, 0.5) is 5.69 Å². The molecule has 2 N–H and O–H groups in total. The first-order chi connectivity index (χ1) is 11.1. The molecule has 2 aromatic rings. The highest BCUT2D eigenvalue weighted by Crippen LogP contribution is 2.16. The number of anilines is 1. The molecule has 2 aromatic carbocycles. The molecule has 0 fully saturated rings. The second-order valence-electron chi connectivity index (χ2n) is 5.15. The predicted octanol–water partition coefficient (Wildman–Crippen LogP) is 3.73. The summed E-state index contributed by atoms with van der Waals surface area (Å²) in [5.41, 5.74) is 1.08. The molecule has 1 unspecified atom stereocenters. The summed E-state index contributed by atoms with van der Waals surface area (Å²) in [7, 11) is 0. The molecule has 0 aliphatic carbocycles. The molecular formula is C18H21ClN2O2. The van der Waals surface area contributed by atoms with E-state index < -0.39 is 6.10 Å². The second-order valence-corrected chi connectivity index (χ2v) is 5.59. The molecular weight excluding hydrogens is 312 g/mol. The Morgan fingerprint density at radius 3 is 2.48 bits per heavy atom. The average Bonchev–Trinajstić information content (AvgIpc) is 2.57. The fourth-order valence-electron chi connectivity index (χ4n) is 2.00. The van der Waals surface area contributed by atoms with Crippen LogP contribution in [0.25, 0.3) is 0 Å². The standard InChI is InChI=1S/C18H21ClN2O2/c1-14(23-17-10-8-15(19)9-11-17)18(22)21-13-5-12-20-16-6-3-2-4-7-16/h2-4,6-11,14,20H,5,12-13H2,1H3,(H,21,22). The molecule has 0 aliphatic rings. The Labute approximate surface area is 141 Å². The molecule has 2 rings (SSSR count). The van der Waals surface area contributed by atoms with Gasteiger partial charge in [0.2, 0.25) is 0 Å². The van der Waals surface area contributed by atoms with Gasteiger partial charge in [0.15, 0.2) is 6.10 Å². The maximum Gasteiger partial charge on any atom is 0.260 e. The highest BCUT2D eigenvalue weighted by Gasteiger charge is 2.13. The van der Waals surface area contributed by atoms with Crippen LogP contribution in [0.3, 0.4) is 0 Å². The van der Waals surface area contributed by atoms with Crippen molar-refractivity contribution < 1.29 is 9.53 Å². The van der Waals surface area contributed by atoms with Crippen LogP contribution in [0.15, 0.2) is 54.6 Å². The lowest BCUT2D eigenvalue weighted by Crippen LogP contribution is -2.37. The van der Waals surface area contributed by atoms with Crippen LogP contribution >= 0.6 is 11.6 Å². The van der Waals surface area contributed by atoms with Crippen LogP contribution in [-0.4, -0.2) is 25.1 Å². The lowest BCUT2D eigenvalue weighted by molar-refractivity contribution is -0.127. The largest absolute Gasteiger partial charge is 0.481 e. The normalized spacial score (nSPS) is 11.6. The van der Waals surface area contributed by atoms with Gasteiger partial charge in [-0.3, -0.25) is 4.79 Å². The molecule has 4 nitrogen and oxygen atoms in total. The number of benzene rings is 2. The van der Waals surface area contributed by atoms with Crippen LogP contribution < -0.4 is 15.4 Å². The van der Waals surface area contributed by atoms with Gasteiger partial charge in [-0.2, -0.15) is 0 Å². The smallest absolute Gasteiger partial charge is 0.260 e. The number of hydrogen-bond donors (Lipinski definition) is 2. The van der Waals surface area contributed by atoms with Crippen LogP contribution in [0.2, 0.25) is 5.02 Å². The number of halogens is 1. The predicted molar refractivity (Wildman–Crippen MR) is 94.1 cm³/mol. The zero-order valence-electron chi connectivity index (χ0n) is 13.1.